The zero-order valence-corrected chi connectivity index (χ0v) is 17.5. The number of nitrogens with one attached hydrogen (secondary N) is 2. The quantitative estimate of drug-likeness (QED) is 0.451. The van der Waals surface area contributed by atoms with Crippen molar-refractivity contribution < 1.29 is 9.53 Å². The molecule has 0 spiro atoms. The van der Waals surface area contributed by atoms with Gasteiger partial charge in [0.15, 0.2) is 0 Å². The fourth-order valence-corrected chi connectivity index (χ4v) is 3.12. The molecular formula is C26H28N2O2. The lowest BCUT2D eigenvalue weighted by atomic mass is 10.0. The highest BCUT2D eigenvalue weighted by molar-refractivity contribution is 5.93. The van der Waals surface area contributed by atoms with Crippen LogP contribution >= 0.6 is 0 Å². The van der Waals surface area contributed by atoms with Gasteiger partial charge in [-0.25, -0.2) is 0 Å². The smallest absolute Gasteiger partial charge is 0.269 e. The molecule has 0 aromatic heterocycles. The highest BCUT2D eigenvalue weighted by Crippen LogP contribution is 2.30. The molecule has 4 nitrogen and oxygen atoms in total. The molecule has 0 aliphatic heterocycles. The van der Waals surface area contributed by atoms with Crippen LogP contribution in [0.1, 0.15) is 36.2 Å². The normalized spacial score (nSPS) is 10.5. The summed E-state index contributed by atoms with van der Waals surface area (Å²) in [6.45, 7) is 8.55. The molecule has 0 atom stereocenters. The van der Waals surface area contributed by atoms with Crippen LogP contribution in [0.25, 0.3) is 11.1 Å². The fraction of sp³-hybridized carbons (Fsp3) is 0.192. The fourth-order valence-electron chi connectivity index (χ4n) is 3.12. The first-order valence-corrected chi connectivity index (χ1v) is 10.1. The van der Waals surface area contributed by atoms with Crippen molar-refractivity contribution in [3.8, 4) is 16.9 Å². The van der Waals surface area contributed by atoms with Crippen molar-refractivity contribution in [3.63, 3.8) is 0 Å². The molecule has 0 saturated heterocycles. The van der Waals surface area contributed by atoms with Crippen molar-refractivity contribution in [2.24, 2.45) is 5.92 Å². The molecule has 0 radical (unpaired) electrons. The highest BCUT2D eigenvalue weighted by atomic mass is 16.5. The first-order valence-electron chi connectivity index (χ1n) is 10.1. The minimum Gasteiger partial charge on any atom is -0.488 e. The van der Waals surface area contributed by atoms with Crippen LogP contribution in [0, 0.1) is 5.92 Å². The summed E-state index contributed by atoms with van der Waals surface area (Å²) in [4.78, 5) is 12.3. The maximum absolute atomic E-state index is 12.3. The zero-order valence-electron chi connectivity index (χ0n) is 17.5. The van der Waals surface area contributed by atoms with Gasteiger partial charge in [0.05, 0.1) is 0 Å². The number of carbonyl (C=O) groups is 1. The maximum atomic E-state index is 12.3. The van der Waals surface area contributed by atoms with Gasteiger partial charge in [-0.15, -0.1) is 0 Å². The van der Waals surface area contributed by atoms with Gasteiger partial charge in [-0.05, 0) is 41.7 Å². The summed E-state index contributed by atoms with van der Waals surface area (Å²) in [7, 11) is 0. The number of benzene rings is 3. The predicted molar refractivity (Wildman–Crippen MR) is 122 cm³/mol. The van der Waals surface area contributed by atoms with Crippen LogP contribution in [-0.2, 0) is 6.61 Å². The van der Waals surface area contributed by atoms with Crippen molar-refractivity contribution >= 4 is 5.91 Å². The molecule has 3 aromatic carbocycles. The van der Waals surface area contributed by atoms with Gasteiger partial charge in [-0.1, -0.05) is 81.1 Å². The standard InChI is InChI=1S/C26H28N2O2/c1-19(2)17-20(3)27-28-26(29)23-15-13-21(14-16-23)18-30-25-12-8-7-11-24(25)22-9-5-4-6-10-22/h4-16,19,27H,3,17-18H2,1-2H3,(H,28,29). The van der Waals surface area contributed by atoms with Crippen LogP contribution < -0.4 is 15.6 Å². The Morgan fingerprint density at radius 1 is 0.900 bits per heavy atom. The monoisotopic (exact) mass is 400 g/mol. The average Bonchev–Trinajstić information content (AvgIpc) is 2.77. The molecule has 0 fully saturated rings. The SMILES string of the molecule is C=C(CC(C)C)NNC(=O)c1ccc(COc2ccccc2-c2ccccc2)cc1. The second kappa shape index (κ2) is 10.3. The molecule has 0 unspecified atom stereocenters. The molecule has 0 aliphatic rings. The summed E-state index contributed by atoms with van der Waals surface area (Å²) in [6.07, 6.45) is 0.807. The number of rotatable bonds is 9. The lowest BCUT2D eigenvalue weighted by molar-refractivity contribution is 0.0938. The summed E-state index contributed by atoms with van der Waals surface area (Å²) in [5, 5.41) is 0. The van der Waals surface area contributed by atoms with Crippen LogP contribution in [0.2, 0.25) is 0 Å². The van der Waals surface area contributed by atoms with E-state index in [2.05, 4.69) is 49.5 Å². The van der Waals surface area contributed by atoms with Gasteiger partial charge < -0.3 is 10.2 Å². The van der Waals surface area contributed by atoms with E-state index < -0.39 is 0 Å². The Balaban J connectivity index is 1.58. The third-order valence-electron chi connectivity index (χ3n) is 4.59. The molecule has 0 aliphatic carbocycles. The van der Waals surface area contributed by atoms with Gasteiger partial charge in [0.25, 0.3) is 5.91 Å². The molecular weight excluding hydrogens is 372 g/mol. The Labute approximate surface area is 178 Å². The summed E-state index contributed by atoms with van der Waals surface area (Å²) in [5.74, 6) is 1.12. The van der Waals surface area contributed by atoms with E-state index in [0.717, 1.165) is 34.6 Å². The van der Waals surface area contributed by atoms with E-state index in [1.807, 2.05) is 48.5 Å². The number of allylic oxidation sites excluding steroid dienone is 1. The van der Waals surface area contributed by atoms with Gasteiger partial charge in [-0.2, -0.15) is 0 Å². The van der Waals surface area contributed by atoms with E-state index >= 15 is 0 Å². The van der Waals surface area contributed by atoms with Crippen molar-refractivity contribution in [2.45, 2.75) is 26.9 Å². The van der Waals surface area contributed by atoms with Crippen molar-refractivity contribution in [2.75, 3.05) is 0 Å². The van der Waals surface area contributed by atoms with Crippen LogP contribution in [0.15, 0.2) is 91.1 Å². The average molecular weight is 401 g/mol. The predicted octanol–water partition coefficient (Wildman–Crippen LogP) is 5.73. The van der Waals surface area contributed by atoms with Crippen molar-refractivity contribution in [3.05, 3.63) is 102 Å². The lowest BCUT2D eigenvalue weighted by Crippen LogP contribution is -2.36. The van der Waals surface area contributed by atoms with Gasteiger partial charge in [0, 0.05) is 16.8 Å². The molecule has 0 heterocycles. The van der Waals surface area contributed by atoms with Crippen molar-refractivity contribution in [1.82, 2.24) is 10.9 Å². The minimum absolute atomic E-state index is 0.193. The number of carbonyl (C=O) groups excluding carboxylic acids is 1. The third kappa shape index (κ3) is 5.98. The first kappa shape index (κ1) is 21.2. The molecule has 30 heavy (non-hydrogen) atoms. The van der Waals surface area contributed by atoms with Crippen LogP contribution in [0.5, 0.6) is 5.75 Å². The Kier molecular flexibility index (Phi) is 7.28. The van der Waals surface area contributed by atoms with Crippen molar-refractivity contribution in [1.29, 1.82) is 0 Å². The van der Waals surface area contributed by atoms with E-state index in [-0.39, 0.29) is 5.91 Å². The summed E-state index contributed by atoms with van der Waals surface area (Å²) in [5.41, 5.74) is 10.1. The topological polar surface area (TPSA) is 50.4 Å². The van der Waals surface area contributed by atoms with Crippen LogP contribution in [0.3, 0.4) is 0 Å². The molecule has 3 rings (SSSR count). The Bertz CT molecular complexity index is 979. The molecule has 3 aromatic rings. The highest BCUT2D eigenvalue weighted by Gasteiger charge is 2.08. The molecule has 0 bridgehead atoms. The molecule has 2 N–H and O–H groups in total. The number of hydrogen-bond donors (Lipinski definition) is 2. The van der Waals surface area contributed by atoms with Gasteiger partial charge >= 0.3 is 0 Å². The zero-order chi connectivity index (χ0) is 21.3. The van der Waals surface area contributed by atoms with Gasteiger partial charge in [0.2, 0.25) is 0 Å². The van der Waals surface area contributed by atoms with E-state index in [1.165, 1.54) is 0 Å². The first-order chi connectivity index (χ1) is 14.5. The molecule has 1 amide bonds. The number of hydrogen-bond acceptors (Lipinski definition) is 3. The number of ether oxygens (including phenoxy) is 1. The van der Waals surface area contributed by atoms with Crippen LogP contribution in [-0.4, -0.2) is 5.91 Å². The maximum Gasteiger partial charge on any atom is 0.269 e. The largest absolute Gasteiger partial charge is 0.488 e. The Hall–Kier alpha value is -3.53. The summed E-state index contributed by atoms with van der Waals surface area (Å²) in [6, 6.07) is 25.6. The summed E-state index contributed by atoms with van der Waals surface area (Å²) >= 11 is 0. The molecule has 0 saturated carbocycles. The van der Waals surface area contributed by atoms with Gasteiger partial charge in [-0.3, -0.25) is 10.2 Å². The van der Waals surface area contributed by atoms with Gasteiger partial charge in [0.1, 0.15) is 12.4 Å². The lowest BCUT2D eigenvalue weighted by Gasteiger charge is -2.13. The minimum atomic E-state index is -0.193. The molecule has 154 valence electrons. The summed E-state index contributed by atoms with van der Waals surface area (Å²) < 4.78 is 6.07. The number of hydrazine groups is 1. The number of para-hydroxylation sites is 1. The Morgan fingerprint density at radius 2 is 1.57 bits per heavy atom. The Morgan fingerprint density at radius 3 is 2.27 bits per heavy atom. The van der Waals surface area contributed by atoms with E-state index in [0.29, 0.717) is 18.1 Å². The van der Waals surface area contributed by atoms with E-state index in [4.69, 9.17) is 4.74 Å². The second-order valence-electron chi connectivity index (χ2n) is 7.63. The van der Waals surface area contributed by atoms with E-state index in [1.54, 1.807) is 12.1 Å². The molecule has 4 heteroatoms. The second-order valence-corrected chi connectivity index (χ2v) is 7.63. The third-order valence-corrected chi connectivity index (χ3v) is 4.59. The van der Waals surface area contributed by atoms with Crippen LogP contribution in [0.4, 0.5) is 0 Å². The number of amides is 1. The van der Waals surface area contributed by atoms with E-state index in [9.17, 15) is 4.79 Å².